The smallest absolute Gasteiger partial charge is 0.104 e. The zero-order valence-corrected chi connectivity index (χ0v) is 28.2. The van der Waals surface area contributed by atoms with Gasteiger partial charge < -0.3 is 9.80 Å². The number of aromatic nitrogens is 2. The maximum atomic E-state index is 5.23. The SMILES string of the molecule is Brc1cccc2nc(-c3ccc(N(c4ccccc4)c4ccccc4)cc3)c(-c3ccc(N(c4ccccc4)c4ccccc4)cc3)nc12. The molecule has 8 rings (SSSR count). The van der Waals surface area contributed by atoms with Crippen LogP contribution in [0.5, 0.6) is 0 Å². The molecule has 0 aliphatic heterocycles. The van der Waals surface area contributed by atoms with Gasteiger partial charge in [0.1, 0.15) is 5.52 Å². The molecule has 7 aromatic carbocycles. The minimum Gasteiger partial charge on any atom is -0.311 e. The molecule has 0 bridgehead atoms. The Labute approximate surface area is 294 Å². The highest BCUT2D eigenvalue weighted by Gasteiger charge is 2.18. The van der Waals surface area contributed by atoms with E-state index in [-0.39, 0.29) is 0 Å². The molecule has 0 spiro atoms. The molecule has 0 amide bonds. The van der Waals surface area contributed by atoms with Gasteiger partial charge in [-0.05, 0) is 101 Å². The molecule has 1 heterocycles. The van der Waals surface area contributed by atoms with Gasteiger partial charge in [-0.25, -0.2) is 9.97 Å². The molecule has 4 nitrogen and oxygen atoms in total. The fourth-order valence-corrected chi connectivity index (χ4v) is 6.63. The van der Waals surface area contributed by atoms with Gasteiger partial charge >= 0.3 is 0 Å². The van der Waals surface area contributed by atoms with Crippen molar-refractivity contribution < 1.29 is 0 Å². The summed E-state index contributed by atoms with van der Waals surface area (Å²) < 4.78 is 0.915. The lowest BCUT2D eigenvalue weighted by molar-refractivity contribution is 1.26. The van der Waals surface area contributed by atoms with Gasteiger partial charge in [-0.3, -0.25) is 0 Å². The van der Waals surface area contributed by atoms with Crippen molar-refractivity contribution in [1.29, 1.82) is 0 Å². The highest BCUT2D eigenvalue weighted by Crippen LogP contribution is 2.39. The van der Waals surface area contributed by atoms with Crippen LogP contribution in [0, 0.1) is 0 Å². The summed E-state index contributed by atoms with van der Waals surface area (Å²) in [7, 11) is 0. The van der Waals surface area contributed by atoms with Crippen molar-refractivity contribution in [3.63, 3.8) is 0 Å². The van der Waals surface area contributed by atoms with Crippen molar-refractivity contribution in [3.05, 3.63) is 193 Å². The van der Waals surface area contributed by atoms with E-state index < -0.39 is 0 Å². The van der Waals surface area contributed by atoms with Crippen LogP contribution >= 0.6 is 15.9 Å². The zero-order valence-electron chi connectivity index (χ0n) is 26.6. The Hall–Kier alpha value is -6.04. The molecule has 49 heavy (non-hydrogen) atoms. The van der Waals surface area contributed by atoms with Crippen LogP contribution in [0.3, 0.4) is 0 Å². The van der Waals surface area contributed by atoms with Crippen LogP contribution in [0.4, 0.5) is 34.1 Å². The molecule has 234 valence electrons. The maximum Gasteiger partial charge on any atom is 0.104 e. The number of rotatable bonds is 8. The van der Waals surface area contributed by atoms with E-state index in [9.17, 15) is 0 Å². The third-order valence-corrected chi connectivity index (χ3v) is 9.14. The topological polar surface area (TPSA) is 32.3 Å². The zero-order chi connectivity index (χ0) is 33.0. The quantitative estimate of drug-likeness (QED) is 0.158. The number of anilines is 6. The summed E-state index contributed by atoms with van der Waals surface area (Å²) in [6.45, 7) is 0. The average Bonchev–Trinajstić information content (AvgIpc) is 3.17. The van der Waals surface area contributed by atoms with E-state index in [0.717, 1.165) is 72.1 Å². The molecule has 0 atom stereocenters. The van der Waals surface area contributed by atoms with Crippen molar-refractivity contribution in [2.75, 3.05) is 9.80 Å². The number of benzene rings is 7. The number of nitrogens with zero attached hydrogens (tertiary/aromatic N) is 4. The van der Waals surface area contributed by atoms with E-state index >= 15 is 0 Å². The first kappa shape index (κ1) is 30.3. The first-order valence-electron chi connectivity index (χ1n) is 16.2. The molecule has 0 N–H and O–H groups in total. The number of fused-ring (bicyclic) bond motifs is 1. The molecular weight excluding hydrogens is 664 g/mol. The number of halogens is 1. The molecule has 8 aromatic rings. The normalized spacial score (nSPS) is 11.0. The summed E-state index contributed by atoms with van der Waals surface area (Å²) in [6.07, 6.45) is 0. The first-order chi connectivity index (χ1) is 24.2. The van der Waals surface area contributed by atoms with Gasteiger partial charge in [-0.1, -0.05) is 103 Å². The minimum atomic E-state index is 0.827. The van der Waals surface area contributed by atoms with Crippen molar-refractivity contribution in [1.82, 2.24) is 9.97 Å². The van der Waals surface area contributed by atoms with Gasteiger partial charge in [-0.15, -0.1) is 0 Å². The lowest BCUT2D eigenvalue weighted by Gasteiger charge is -2.26. The van der Waals surface area contributed by atoms with E-state index in [4.69, 9.17) is 9.97 Å². The summed E-state index contributed by atoms with van der Waals surface area (Å²) in [4.78, 5) is 15.0. The highest BCUT2D eigenvalue weighted by molar-refractivity contribution is 9.10. The second kappa shape index (κ2) is 13.6. The van der Waals surface area contributed by atoms with Crippen LogP contribution in [0.1, 0.15) is 0 Å². The Morgan fingerprint density at radius 1 is 0.327 bits per heavy atom. The largest absolute Gasteiger partial charge is 0.311 e. The highest BCUT2D eigenvalue weighted by atomic mass is 79.9. The summed E-state index contributed by atoms with van der Waals surface area (Å²) in [6, 6.07) is 65.0. The number of hydrogen-bond donors (Lipinski definition) is 0. The number of para-hydroxylation sites is 5. The third-order valence-electron chi connectivity index (χ3n) is 8.50. The first-order valence-corrected chi connectivity index (χ1v) is 17.0. The predicted octanol–water partition coefficient (Wildman–Crippen LogP) is 12.7. The Morgan fingerprint density at radius 3 is 1.06 bits per heavy atom. The van der Waals surface area contributed by atoms with E-state index in [1.165, 1.54) is 0 Å². The molecular formula is C44H31BrN4. The summed E-state index contributed by atoms with van der Waals surface area (Å²) in [5, 5.41) is 0. The Kier molecular flexibility index (Phi) is 8.41. The van der Waals surface area contributed by atoms with Crippen molar-refractivity contribution in [2.24, 2.45) is 0 Å². The van der Waals surface area contributed by atoms with Gasteiger partial charge in [0.25, 0.3) is 0 Å². The molecule has 0 aliphatic rings. The van der Waals surface area contributed by atoms with Gasteiger partial charge in [0.15, 0.2) is 0 Å². The van der Waals surface area contributed by atoms with Gasteiger partial charge in [0.05, 0.1) is 16.9 Å². The van der Waals surface area contributed by atoms with Gasteiger partial charge in [0.2, 0.25) is 0 Å². The van der Waals surface area contributed by atoms with E-state index in [1.807, 2.05) is 42.5 Å². The Balaban J connectivity index is 1.22. The lowest BCUT2D eigenvalue weighted by Crippen LogP contribution is -2.09. The van der Waals surface area contributed by atoms with E-state index in [0.29, 0.717) is 0 Å². The van der Waals surface area contributed by atoms with Crippen LogP contribution in [0.15, 0.2) is 193 Å². The predicted molar refractivity (Wildman–Crippen MR) is 207 cm³/mol. The fraction of sp³-hybridized carbons (Fsp3) is 0. The van der Waals surface area contributed by atoms with Crippen LogP contribution in [-0.4, -0.2) is 9.97 Å². The van der Waals surface area contributed by atoms with Crippen molar-refractivity contribution >= 4 is 61.1 Å². The monoisotopic (exact) mass is 694 g/mol. The minimum absolute atomic E-state index is 0.827. The summed E-state index contributed by atoms with van der Waals surface area (Å²) >= 11 is 3.72. The van der Waals surface area contributed by atoms with Crippen LogP contribution in [0.25, 0.3) is 33.5 Å². The molecule has 0 saturated carbocycles. The van der Waals surface area contributed by atoms with Crippen molar-refractivity contribution in [2.45, 2.75) is 0 Å². The maximum absolute atomic E-state index is 5.23. The van der Waals surface area contributed by atoms with E-state index in [1.54, 1.807) is 0 Å². The van der Waals surface area contributed by atoms with Crippen LogP contribution in [-0.2, 0) is 0 Å². The number of hydrogen-bond acceptors (Lipinski definition) is 4. The van der Waals surface area contributed by atoms with E-state index in [2.05, 4.69) is 171 Å². The summed E-state index contributed by atoms with van der Waals surface area (Å²) in [5.74, 6) is 0. The Morgan fingerprint density at radius 2 is 0.673 bits per heavy atom. The molecule has 0 aliphatic carbocycles. The molecule has 0 radical (unpaired) electrons. The Bertz CT molecular complexity index is 2230. The van der Waals surface area contributed by atoms with Gasteiger partial charge in [0, 0.05) is 49.7 Å². The molecule has 0 fully saturated rings. The lowest BCUT2D eigenvalue weighted by atomic mass is 10.0. The standard InChI is InChI=1S/C44H31BrN4/c45-40-22-13-23-41-44(40)47-43(33-26-30-39(31-27-33)49(36-18-9-3-10-19-36)37-20-11-4-12-21-37)42(46-41)32-24-28-38(29-25-32)48(34-14-5-1-6-15-34)35-16-7-2-8-17-35/h1-31H. The van der Waals surface area contributed by atoms with Crippen LogP contribution < -0.4 is 9.80 Å². The second-order valence-electron chi connectivity index (χ2n) is 11.6. The van der Waals surface area contributed by atoms with Gasteiger partial charge in [-0.2, -0.15) is 0 Å². The molecule has 1 aromatic heterocycles. The van der Waals surface area contributed by atoms with Crippen LogP contribution in [0.2, 0.25) is 0 Å². The third kappa shape index (κ3) is 6.20. The van der Waals surface area contributed by atoms with Crippen molar-refractivity contribution in [3.8, 4) is 22.5 Å². The molecule has 0 saturated heterocycles. The summed E-state index contributed by atoms with van der Waals surface area (Å²) in [5.41, 5.74) is 11.8. The second-order valence-corrected chi connectivity index (χ2v) is 12.5. The fourth-order valence-electron chi connectivity index (χ4n) is 6.18. The molecule has 0 unspecified atom stereocenters. The average molecular weight is 696 g/mol. The molecule has 5 heteroatoms.